The van der Waals surface area contributed by atoms with Crippen molar-refractivity contribution < 1.29 is 9.50 Å². The Morgan fingerprint density at radius 3 is 2.77 bits per heavy atom. The molecule has 0 aliphatic carbocycles. The van der Waals surface area contributed by atoms with Gasteiger partial charge < -0.3 is 10.8 Å². The van der Waals surface area contributed by atoms with E-state index in [0.717, 1.165) is 12.1 Å². The quantitative estimate of drug-likeness (QED) is 0.722. The maximum atomic E-state index is 12.9. The molecule has 2 nitrogen and oxygen atoms in total. The van der Waals surface area contributed by atoms with E-state index in [1.54, 1.807) is 0 Å². The minimum atomic E-state index is -0.605. The molecule has 0 saturated carbocycles. The van der Waals surface area contributed by atoms with Crippen molar-refractivity contribution in [2.24, 2.45) is 5.73 Å². The molecule has 1 atom stereocenters. The van der Waals surface area contributed by atoms with Crippen molar-refractivity contribution in [1.29, 1.82) is 0 Å². The first-order valence-electron chi connectivity index (χ1n) is 3.62. The Hall–Kier alpha value is -1.06. The molecule has 0 fully saturated rings. The molecule has 1 aromatic carbocycles. The summed E-state index contributed by atoms with van der Waals surface area (Å²) in [4.78, 5) is 0. The molecule has 0 unspecified atom stereocenters. The van der Waals surface area contributed by atoms with E-state index >= 15 is 0 Å². The average Bonchev–Trinajstić information content (AvgIpc) is 2.10. The van der Waals surface area contributed by atoms with Crippen molar-refractivity contribution in [3.05, 3.63) is 41.2 Å². The van der Waals surface area contributed by atoms with Gasteiger partial charge in [-0.15, -0.1) is 6.58 Å². The fraction of sp³-hybridized carbons (Fsp3) is 0.111. The summed E-state index contributed by atoms with van der Waals surface area (Å²) < 4.78 is 12.9. The third-order valence-electron chi connectivity index (χ3n) is 1.68. The van der Waals surface area contributed by atoms with Crippen LogP contribution in [0.3, 0.4) is 0 Å². The Kier molecular flexibility index (Phi) is 2.90. The van der Waals surface area contributed by atoms with E-state index in [-0.39, 0.29) is 16.3 Å². The summed E-state index contributed by atoms with van der Waals surface area (Å²) in [7, 11) is 0. The summed E-state index contributed by atoms with van der Waals surface area (Å²) in [6.45, 7) is 3.44. The molecule has 3 N–H and O–H groups in total. The maximum Gasteiger partial charge on any atom is 0.142 e. The minimum Gasteiger partial charge on any atom is -0.508 e. The molecule has 0 aromatic heterocycles. The van der Waals surface area contributed by atoms with Gasteiger partial charge in [-0.3, -0.25) is 0 Å². The first kappa shape index (κ1) is 10.0. The highest BCUT2D eigenvalue weighted by Gasteiger charge is 2.11. The summed E-state index contributed by atoms with van der Waals surface area (Å²) in [6, 6.07) is 1.63. The molecule has 0 amide bonds. The van der Waals surface area contributed by atoms with Gasteiger partial charge in [0.05, 0.1) is 11.1 Å². The van der Waals surface area contributed by atoms with Crippen LogP contribution in [0.5, 0.6) is 5.75 Å². The normalized spacial score (nSPS) is 12.5. The van der Waals surface area contributed by atoms with E-state index in [1.165, 1.54) is 6.08 Å². The van der Waals surface area contributed by atoms with Crippen molar-refractivity contribution in [1.82, 2.24) is 0 Å². The Labute approximate surface area is 80.4 Å². The number of phenolic OH excluding ortho intramolecular Hbond substituents is 1. The third kappa shape index (κ3) is 1.99. The highest BCUT2D eigenvalue weighted by molar-refractivity contribution is 6.30. The topological polar surface area (TPSA) is 46.2 Å². The van der Waals surface area contributed by atoms with Crippen LogP contribution in [-0.2, 0) is 0 Å². The van der Waals surface area contributed by atoms with Crippen molar-refractivity contribution in [3.63, 3.8) is 0 Å². The summed E-state index contributed by atoms with van der Waals surface area (Å²) in [5.74, 6) is -0.731. The van der Waals surface area contributed by atoms with Gasteiger partial charge in [0.1, 0.15) is 11.6 Å². The number of aromatic hydroxyl groups is 1. The van der Waals surface area contributed by atoms with Crippen LogP contribution in [0.4, 0.5) is 4.39 Å². The lowest BCUT2D eigenvalue weighted by Crippen LogP contribution is -2.07. The Bertz CT molecular complexity index is 341. The second kappa shape index (κ2) is 3.77. The molecule has 13 heavy (non-hydrogen) atoms. The standard InChI is InChI=1S/C9H9ClFNO/c1-2-8(12)5-3-7(11)6(10)4-9(5)13/h2-4,8,13H,1,12H2/t8-/m1/s1. The number of benzene rings is 1. The largest absolute Gasteiger partial charge is 0.508 e. The van der Waals surface area contributed by atoms with Gasteiger partial charge >= 0.3 is 0 Å². The lowest BCUT2D eigenvalue weighted by molar-refractivity contribution is 0.463. The SMILES string of the molecule is C=C[C@@H](N)c1cc(F)c(Cl)cc1O. The molecule has 1 rings (SSSR count). The molecule has 0 bridgehead atoms. The molecular formula is C9H9ClFNO. The Morgan fingerprint density at radius 1 is 1.62 bits per heavy atom. The maximum absolute atomic E-state index is 12.9. The first-order valence-corrected chi connectivity index (χ1v) is 4.00. The third-order valence-corrected chi connectivity index (χ3v) is 1.97. The summed E-state index contributed by atoms with van der Waals surface area (Å²) in [5.41, 5.74) is 5.80. The molecule has 70 valence electrons. The van der Waals surface area contributed by atoms with Crippen LogP contribution in [0, 0.1) is 5.82 Å². The Balaban J connectivity index is 3.22. The molecule has 4 heteroatoms. The van der Waals surface area contributed by atoms with Gasteiger partial charge in [0.2, 0.25) is 0 Å². The van der Waals surface area contributed by atoms with Crippen LogP contribution in [-0.4, -0.2) is 5.11 Å². The van der Waals surface area contributed by atoms with Crippen molar-refractivity contribution in [2.45, 2.75) is 6.04 Å². The number of halogens is 2. The van der Waals surface area contributed by atoms with Crippen molar-refractivity contribution >= 4 is 11.6 Å². The molecule has 0 radical (unpaired) electrons. The van der Waals surface area contributed by atoms with Gasteiger partial charge in [-0.2, -0.15) is 0 Å². The van der Waals surface area contributed by atoms with Crippen LogP contribution >= 0.6 is 11.6 Å². The van der Waals surface area contributed by atoms with Crippen molar-refractivity contribution in [3.8, 4) is 5.75 Å². The van der Waals surface area contributed by atoms with Crippen molar-refractivity contribution in [2.75, 3.05) is 0 Å². The van der Waals surface area contributed by atoms with Gasteiger partial charge in [-0.1, -0.05) is 17.7 Å². The van der Waals surface area contributed by atoms with Gasteiger partial charge in [-0.05, 0) is 6.07 Å². The van der Waals surface area contributed by atoms with E-state index in [2.05, 4.69) is 6.58 Å². The van der Waals surface area contributed by atoms with Gasteiger partial charge in [0.25, 0.3) is 0 Å². The van der Waals surface area contributed by atoms with E-state index in [0.29, 0.717) is 0 Å². The van der Waals surface area contributed by atoms with Crippen LogP contribution < -0.4 is 5.73 Å². The zero-order valence-electron chi connectivity index (χ0n) is 6.80. The molecule has 0 heterocycles. The molecule has 1 aromatic rings. The fourth-order valence-corrected chi connectivity index (χ4v) is 1.10. The number of hydrogen-bond acceptors (Lipinski definition) is 2. The fourth-order valence-electron chi connectivity index (χ4n) is 0.946. The molecule has 0 spiro atoms. The highest BCUT2D eigenvalue weighted by Crippen LogP contribution is 2.28. The highest BCUT2D eigenvalue weighted by atomic mass is 35.5. The summed E-state index contributed by atoms with van der Waals surface area (Å²) >= 11 is 5.43. The second-order valence-corrected chi connectivity index (χ2v) is 2.99. The molecule has 0 aliphatic heterocycles. The van der Waals surface area contributed by atoms with E-state index in [9.17, 15) is 9.50 Å². The predicted octanol–water partition coefficient (Wildman–Crippen LogP) is 2.37. The van der Waals surface area contributed by atoms with E-state index in [1.807, 2.05) is 0 Å². The second-order valence-electron chi connectivity index (χ2n) is 2.59. The first-order chi connectivity index (χ1) is 6.06. The number of hydrogen-bond donors (Lipinski definition) is 2. The molecular weight excluding hydrogens is 193 g/mol. The zero-order valence-corrected chi connectivity index (χ0v) is 7.55. The zero-order chi connectivity index (χ0) is 10.0. The van der Waals surface area contributed by atoms with Crippen LogP contribution in [0.25, 0.3) is 0 Å². The molecule has 0 saturated heterocycles. The van der Waals surface area contributed by atoms with Gasteiger partial charge in [-0.25, -0.2) is 4.39 Å². The van der Waals surface area contributed by atoms with Crippen LogP contribution in [0.1, 0.15) is 11.6 Å². The number of nitrogens with two attached hydrogens (primary N) is 1. The van der Waals surface area contributed by atoms with E-state index < -0.39 is 11.9 Å². The average molecular weight is 202 g/mol. The lowest BCUT2D eigenvalue weighted by Gasteiger charge is -2.09. The molecule has 0 aliphatic rings. The van der Waals surface area contributed by atoms with Gasteiger partial charge in [0, 0.05) is 11.6 Å². The lowest BCUT2D eigenvalue weighted by atomic mass is 10.1. The monoisotopic (exact) mass is 201 g/mol. The van der Waals surface area contributed by atoms with Gasteiger partial charge in [0.15, 0.2) is 0 Å². The summed E-state index contributed by atoms with van der Waals surface area (Å²) in [5, 5.41) is 9.21. The summed E-state index contributed by atoms with van der Waals surface area (Å²) in [6.07, 6.45) is 1.41. The Morgan fingerprint density at radius 2 is 2.23 bits per heavy atom. The smallest absolute Gasteiger partial charge is 0.142 e. The minimum absolute atomic E-state index is 0.126. The number of phenols is 1. The van der Waals surface area contributed by atoms with E-state index in [4.69, 9.17) is 17.3 Å². The van der Waals surface area contributed by atoms with Crippen LogP contribution in [0.2, 0.25) is 5.02 Å². The predicted molar refractivity (Wildman–Crippen MR) is 50.2 cm³/mol. The van der Waals surface area contributed by atoms with Crippen LogP contribution in [0.15, 0.2) is 24.8 Å². The number of rotatable bonds is 2.